The van der Waals surface area contributed by atoms with E-state index in [1.807, 2.05) is 12.1 Å². The Bertz CT molecular complexity index is 702. The summed E-state index contributed by atoms with van der Waals surface area (Å²) in [5.74, 6) is 3.15. The second-order valence-electron chi connectivity index (χ2n) is 5.34. The number of aromatic nitrogens is 2. The smallest absolute Gasteiger partial charge is 0.255 e. The van der Waals surface area contributed by atoms with E-state index < -0.39 is 8.07 Å². The molecule has 2 aromatic rings. The van der Waals surface area contributed by atoms with Crippen LogP contribution in [0.1, 0.15) is 5.56 Å². The quantitative estimate of drug-likeness (QED) is 0.588. The first-order chi connectivity index (χ1) is 8.96. The maximum Gasteiger partial charge on any atom is 0.255 e. The van der Waals surface area contributed by atoms with Crippen LogP contribution in [0.5, 0.6) is 0 Å². The summed E-state index contributed by atoms with van der Waals surface area (Å²) in [6.45, 7) is 6.58. The number of hydrogen-bond donors (Lipinski definition) is 0. The predicted molar refractivity (Wildman–Crippen MR) is 80.1 cm³/mol. The van der Waals surface area contributed by atoms with Gasteiger partial charge in [-0.25, -0.2) is 0 Å². The molecular formula is C15H16N2OSi. The van der Waals surface area contributed by atoms with Crippen LogP contribution < -0.4 is 5.56 Å². The Hall–Kier alpha value is -2.12. The molecule has 0 saturated heterocycles. The highest BCUT2D eigenvalue weighted by atomic mass is 28.3. The Balaban J connectivity index is 2.43. The molecule has 2 aromatic heterocycles. The molecule has 0 saturated carbocycles. The minimum Gasteiger partial charge on any atom is -0.283 e. The van der Waals surface area contributed by atoms with Gasteiger partial charge >= 0.3 is 0 Å². The van der Waals surface area contributed by atoms with E-state index in [1.165, 1.54) is 6.07 Å². The molecule has 0 N–H and O–H groups in total. The fraction of sp³-hybridized carbons (Fsp3) is 0.200. The monoisotopic (exact) mass is 268 g/mol. The van der Waals surface area contributed by atoms with Gasteiger partial charge in [0.25, 0.3) is 5.56 Å². The lowest BCUT2D eigenvalue weighted by Gasteiger charge is -2.05. The summed E-state index contributed by atoms with van der Waals surface area (Å²) in [5, 5.41) is 0. The molecule has 3 nitrogen and oxygen atoms in total. The number of rotatable bonds is 1. The van der Waals surface area contributed by atoms with Crippen LogP contribution in [-0.2, 0) is 0 Å². The van der Waals surface area contributed by atoms with Crippen molar-refractivity contribution in [1.82, 2.24) is 9.55 Å². The normalized spacial score (nSPS) is 10.7. The molecule has 0 amide bonds. The number of hydrogen-bond acceptors (Lipinski definition) is 2. The van der Waals surface area contributed by atoms with Crippen LogP contribution in [-0.4, -0.2) is 17.6 Å². The van der Waals surface area contributed by atoms with Crippen molar-refractivity contribution in [2.45, 2.75) is 19.6 Å². The third kappa shape index (κ3) is 3.67. The molecule has 0 aliphatic carbocycles. The van der Waals surface area contributed by atoms with Gasteiger partial charge in [0.05, 0.1) is 11.9 Å². The third-order valence-electron chi connectivity index (χ3n) is 2.41. The van der Waals surface area contributed by atoms with Gasteiger partial charge in [0, 0.05) is 24.0 Å². The van der Waals surface area contributed by atoms with E-state index in [1.54, 1.807) is 29.2 Å². The summed E-state index contributed by atoms with van der Waals surface area (Å²) in [7, 11) is -1.41. The van der Waals surface area contributed by atoms with E-state index in [4.69, 9.17) is 0 Å². The predicted octanol–water partition coefficient (Wildman–Crippen LogP) is 2.46. The molecule has 0 aliphatic heterocycles. The summed E-state index contributed by atoms with van der Waals surface area (Å²) in [4.78, 5) is 15.9. The molecule has 0 fully saturated rings. The van der Waals surface area contributed by atoms with E-state index in [9.17, 15) is 4.79 Å². The lowest BCUT2D eigenvalue weighted by atomic mass is 10.2. The highest BCUT2D eigenvalue weighted by Crippen LogP contribution is 2.06. The molecule has 0 spiro atoms. The lowest BCUT2D eigenvalue weighted by Crippen LogP contribution is -2.16. The van der Waals surface area contributed by atoms with Gasteiger partial charge in [0.15, 0.2) is 0 Å². The van der Waals surface area contributed by atoms with Crippen molar-refractivity contribution in [3.8, 4) is 17.2 Å². The topological polar surface area (TPSA) is 34.9 Å². The van der Waals surface area contributed by atoms with E-state index in [2.05, 4.69) is 36.1 Å². The first kappa shape index (κ1) is 13.3. The van der Waals surface area contributed by atoms with Crippen molar-refractivity contribution in [2.24, 2.45) is 0 Å². The van der Waals surface area contributed by atoms with Crippen molar-refractivity contribution in [3.63, 3.8) is 0 Å². The second-order valence-corrected chi connectivity index (χ2v) is 10.1. The maximum atomic E-state index is 11.8. The minimum absolute atomic E-state index is 0.0698. The first-order valence-corrected chi connectivity index (χ1v) is 9.62. The molecule has 0 aliphatic rings. The zero-order valence-electron chi connectivity index (χ0n) is 11.3. The van der Waals surface area contributed by atoms with E-state index >= 15 is 0 Å². The van der Waals surface area contributed by atoms with Crippen LogP contribution in [0.4, 0.5) is 0 Å². The van der Waals surface area contributed by atoms with Crippen LogP contribution in [0.2, 0.25) is 19.6 Å². The Morgan fingerprint density at radius 1 is 1.21 bits per heavy atom. The van der Waals surface area contributed by atoms with Gasteiger partial charge in [0.1, 0.15) is 8.07 Å². The van der Waals surface area contributed by atoms with Crippen molar-refractivity contribution in [3.05, 3.63) is 58.8 Å². The molecule has 96 valence electrons. The van der Waals surface area contributed by atoms with Crippen LogP contribution in [0.25, 0.3) is 5.69 Å². The molecule has 0 radical (unpaired) electrons. The number of pyridine rings is 2. The SMILES string of the molecule is C[Si](C)(C)C#Cc1cncc(-n2ccccc2=O)c1. The van der Waals surface area contributed by atoms with Gasteiger partial charge in [-0.15, -0.1) is 5.54 Å². The molecular weight excluding hydrogens is 252 g/mol. The summed E-state index contributed by atoms with van der Waals surface area (Å²) in [6.07, 6.45) is 5.13. The third-order valence-corrected chi connectivity index (χ3v) is 3.28. The second kappa shape index (κ2) is 5.25. The van der Waals surface area contributed by atoms with E-state index in [0.29, 0.717) is 0 Å². The molecule has 0 bridgehead atoms. The van der Waals surface area contributed by atoms with Gasteiger partial charge < -0.3 is 0 Å². The molecule has 2 heterocycles. The van der Waals surface area contributed by atoms with E-state index in [-0.39, 0.29) is 5.56 Å². The van der Waals surface area contributed by atoms with Gasteiger partial charge in [-0.1, -0.05) is 31.6 Å². The molecule has 2 rings (SSSR count). The first-order valence-electron chi connectivity index (χ1n) is 6.12. The fourth-order valence-corrected chi connectivity index (χ4v) is 2.05. The Labute approximate surface area is 114 Å². The van der Waals surface area contributed by atoms with Crippen molar-refractivity contribution >= 4 is 8.07 Å². The highest BCUT2D eigenvalue weighted by molar-refractivity contribution is 6.83. The van der Waals surface area contributed by atoms with Gasteiger partial charge in [0.2, 0.25) is 0 Å². The Kier molecular flexibility index (Phi) is 3.68. The lowest BCUT2D eigenvalue weighted by molar-refractivity contribution is 0.977. The van der Waals surface area contributed by atoms with Crippen LogP contribution in [0, 0.1) is 11.5 Å². The average Bonchev–Trinajstić information content (AvgIpc) is 2.36. The van der Waals surface area contributed by atoms with Crippen molar-refractivity contribution in [2.75, 3.05) is 0 Å². The zero-order valence-corrected chi connectivity index (χ0v) is 12.3. The van der Waals surface area contributed by atoms with Crippen LogP contribution in [0.3, 0.4) is 0 Å². The summed E-state index contributed by atoms with van der Waals surface area (Å²) < 4.78 is 1.56. The maximum absolute atomic E-state index is 11.8. The number of nitrogens with zero attached hydrogens (tertiary/aromatic N) is 2. The fourth-order valence-electron chi connectivity index (χ4n) is 1.53. The van der Waals surface area contributed by atoms with E-state index in [0.717, 1.165) is 11.3 Å². The molecule has 19 heavy (non-hydrogen) atoms. The Morgan fingerprint density at radius 2 is 2.00 bits per heavy atom. The largest absolute Gasteiger partial charge is 0.283 e. The van der Waals surface area contributed by atoms with Crippen molar-refractivity contribution < 1.29 is 0 Å². The summed E-state index contributed by atoms with van der Waals surface area (Å²) in [6, 6.07) is 6.96. The molecule has 4 heteroatoms. The van der Waals surface area contributed by atoms with Crippen LogP contribution in [0.15, 0.2) is 47.7 Å². The zero-order chi connectivity index (χ0) is 13.9. The highest BCUT2D eigenvalue weighted by Gasteiger charge is 2.07. The van der Waals surface area contributed by atoms with Gasteiger partial charge in [-0.05, 0) is 12.1 Å². The average molecular weight is 268 g/mol. The van der Waals surface area contributed by atoms with Gasteiger partial charge in [-0.2, -0.15) is 0 Å². The van der Waals surface area contributed by atoms with Gasteiger partial charge in [-0.3, -0.25) is 14.3 Å². The summed E-state index contributed by atoms with van der Waals surface area (Å²) >= 11 is 0. The van der Waals surface area contributed by atoms with Crippen LogP contribution >= 0.6 is 0 Å². The molecule has 0 atom stereocenters. The Morgan fingerprint density at radius 3 is 2.68 bits per heavy atom. The van der Waals surface area contributed by atoms with Crippen molar-refractivity contribution in [1.29, 1.82) is 0 Å². The minimum atomic E-state index is -1.41. The molecule has 0 aromatic carbocycles. The standard InChI is InChI=1S/C15H16N2OSi/c1-19(2,3)9-7-13-10-14(12-16-11-13)17-8-5-4-6-15(17)18/h4-6,8,10-12H,1-3H3. The summed E-state index contributed by atoms with van der Waals surface area (Å²) in [5.41, 5.74) is 4.81. The molecule has 0 unspecified atom stereocenters.